The van der Waals surface area contributed by atoms with Crippen molar-refractivity contribution < 1.29 is 8.78 Å². The third-order valence-corrected chi connectivity index (χ3v) is 4.34. The van der Waals surface area contributed by atoms with Gasteiger partial charge in [0.05, 0.1) is 0 Å². The highest BCUT2D eigenvalue weighted by atomic mass is 19.1. The van der Waals surface area contributed by atoms with Crippen molar-refractivity contribution in [3.05, 3.63) is 70.8 Å². The molecule has 3 heteroatoms. The van der Waals surface area contributed by atoms with Gasteiger partial charge in [-0.1, -0.05) is 37.3 Å². The topological polar surface area (TPSA) is 12.0 Å². The van der Waals surface area contributed by atoms with Crippen LogP contribution in [0.2, 0.25) is 0 Å². The van der Waals surface area contributed by atoms with E-state index in [1.54, 1.807) is 0 Å². The van der Waals surface area contributed by atoms with E-state index in [-0.39, 0.29) is 6.04 Å². The van der Waals surface area contributed by atoms with Crippen molar-refractivity contribution >= 4 is 0 Å². The van der Waals surface area contributed by atoms with Crippen LogP contribution < -0.4 is 5.32 Å². The largest absolute Gasteiger partial charge is 0.306 e. The number of nitrogens with one attached hydrogen (secondary N) is 1. The van der Waals surface area contributed by atoms with Gasteiger partial charge in [-0.3, -0.25) is 0 Å². The van der Waals surface area contributed by atoms with E-state index < -0.39 is 11.6 Å². The Balaban J connectivity index is 1.76. The Morgan fingerprint density at radius 1 is 1.05 bits per heavy atom. The first kappa shape index (κ1) is 14.2. The average Bonchev–Trinajstić information content (AvgIpc) is 2.48. The normalized spacial score (nSPS) is 21.1. The molecule has 2 atom stereocenters. The Morgan fingerprint density at radius 2 is 1.81 bits per heavy atom. The molecule has 110 valence electrons. The molecule has 2 aromatic rings. The molecule has 0 aliphatic heterocycles. The molecule has 21 heavy (non-hydrogen) atoms. The second-order valence-corrected chi connectivity index (χ2v) is 5.78. The summed E-state index contributed by atoms with van der Waals surface area (Å²) in [5.41, 5.74) is 3.19. The molecule has 0 amide bonds. The lowest BCUT2D eigenvalue weighted by atomic mass is 9.81. The molecule has 0 radical (unpaired) electrons. The molecule has 1 nitrogen and oxygen atoms in total. The first-order valence-corrected chi connectivity index (χ1v) is 7.41. The van der Waals surface area contributed by atoms with Crippen LogP contribution in [0.5, 0.6) is 0 Å². The summed E-state index contributed by atoms with van der Waals surface area (Å²) in [7, 11) is 0. The maximum absolute atomic E-state index is 13.7. The summed E-state index contributed by atoms with van der Waals surface area (Å²) in [4.78, 5) is 0. The SMILES string of the molecule is CC1CCC(NCc2ccc(F)cc2F)c2ccccc21. The molecule has 2 unspecified atom stereocenters. The van der Waals surface area contributed by atoms with Crippen LogP contribution in [0, 0.1) is 11.6 Å². The third-order valence-electron chi connectivity index (χ3n) is 4.34. The highest BCUT2D eigenvalue weighted by Gasteiger charge is 2.23. The van der Waals surface area contributed by atoms with E-state index in [9.17, 15) is 8.78 Å². The van der Waals surface area contributed by atoms with Crippen LogP contribution >= 0.6 is 0 Å². The second-order valence-electron chi connectivity index (χ2n) is 5.78. The average molecular weight is 287 g/mol. The van der Waals surface area contributed by atoms with Crippen LogP contribution in [-0.2, 0) is 6.54 Å². The first-order chi connectivity index (χ1) is 10.1. The molecule has 0 spiro atoms. The van der Waals surface area contributed by atoms with Gasteiger partial charge in [0.2, 0.25) is 0 Å². The van der Waals surface area contributed by atoms with Crippen molar-refractivity contribution in [3.63, 3.8) is 0 Å². The summed E-state index contributed by atoms with van der Waals surface area (Å²) >= 11 is 0. The molecule has 0 saturated heterocycles. The minimum Gasteiger partial charge on any atom is -0.306 e. The van der Waals surface area contributed by atoms with Gasteiger partial charge in [-0.2, -0.15) is 0 Å². The van der Waals surface area contributed by atoms with E-state index in [2.05, 4.69) is 30.4 Å². The van der Waals surface area contributed by atoms with Crippen LogP contribution in [0.3, 0.4) is 0 Å². The molecule has 1 aliphatic rings. The molecule has 1 aliphatic carbocycles. The van der Waals surface area contributed by atoms with Gasteiger partial charge in [0.15, 0.2) is 0 Å². The van der Waals surface area contributed by atoms with Crippen molar-refractivity contribution in [3.8, 4) is 0 Å². The van der Waals surface area contributed by atoms with Crippen molar-refractivity contribution in [2.45, 2.75) is 38.3 Å². The minimum absolute atomic E-state index is 0.238. The van der Waals surface area contributed by atoms with Crippen molar-refractivity contribution in [1.82, 2.24) is 5.32 Å². The van der Waals surface area contributed by atoms with Gasteiger partial charge in [-0.05, 0) is 36.0 Å². The van der Waals surface area contributed by atoms with E-state index in [0.29, 0.717) is 18.0 Å². The Bertz CT molecular complexity index is 639. The van der Waals surface area contributed by atoms with E-state index in [0.717, 1.165) is 18.9 Å². The molecule has 1 N–H and O–H groups in total. The molecule has 0 bridgehead atoms. The molecule has 0 aromatic heterocycles. The number of fused-ring (bicyclic) bond motifs is 1. The monoisotopic (exact) mass is 287 g/mol. The van der Waals surface area contributed by atoms with Crippen molar-refractivity contribution in [2.75, 3.05) is 0 Å². The Hall–Kier alpha value is -1.74. The number of hydrogen-bond acceptors (Lipinski definition) is 1. The summed E-state index contributed by atoms with van der Waals surface area (Å²) < 4.78 is 26.6. The maximum atomic E-state index is 13.7. The summed E-state index contributed by atoms with van der Waals surface area (Å²) in [6, 6.07) is 12.4. The highest BCUT2D eigenvalue weighted by molar-refractivity contribution is 5.35. The Labute approximate surface area is 124 Å². The summed E-state index contributed by atoms with van der Waals surface area (Å²) in [5, 5.41) is 3.41. The van der Waals surface area contributed by atoms with Gasteiger partial charge >= 0.3 is 0 Å². The predicted octanol–water partition coefficient (Wildman–Crippen LogP) is 4.69. The lowest BCUT2D eigenvalue weighted by Crippen LogP contribution is -2.26. The maximum Gasteiger partial charge on any atom is 0.130 e. The summed E-state index contributed by atoms with van der Waals surface area (Å²) in [6.45, 7) is 2.66. The molecule has 3 rings (SSSR count). The van der Waals surface area contributed by atoms with Gasteiger partial charge in [-0.15, -0.1) is 0 Å². The van der Waals surface area contributed by atoms with Gasteiger partial charge < -0.3 is 5.32 Å². The smallest absolute Gasteiger partial charge is 0.130 e. The van der Waals surface area contributed by atoms with Crippen LogP contribution in [0.1, 0.15) is 48.4 Å². The zero-order valence-corrected chi connectivity index (χ0v) is 12.1. The van der Waals surface area contributed by atoms with E-state index >= 15 is 0 Å². The highest BCUT2D eigenvalue weighted by Crippen LogP contribution is 2.37. The molecule has 0 heterocycles. The first-order valence-electron chi connectivity index (χ1n) is 7.41. The fourth-order valence-corrected chi connectivity index (χ4v) is 3.11. The summed E-state index contributed by atoms with van der Waals surface area (Å²) in [5.74, 6) is -0.449. The Kier molecular flexibility index (Phi) is 4.02. The van der Waals surface area contributed by atoms with Crippen LogP contribution in [0.4, 0.5) is 8.78 Å². The lowest BCUT2D eigenvalue weighted by Gasteiger charge is -2.30. The molecule has 0 saturated carbocycles. The van der Waals surface area contributed by atoms with Gasteiger partial charge in [0.1, 0.15) is 11.6 Å². The quantitative estimate of drug-likeness (QED) is 0.863. The lowest BCUT2D eigenvalue weighted by molar-refractivity contribution is 0.426. The number of hydrogen-bond donors (Lipinski definition) is 1. The Morgan fingerprint density at radius 3 is 2.57 bits per heavy atom. The number of benzene rings is 2. The molecular formula is C18H19F2N. The summed E-state index contributed by atoms with van der Waals surface area (Å²) in [6.07, 6.45) is 2.17. The number of halogens is 2. The zero-order chi connectivity index (χ0) is 14.8. The van der Waals surface area contributed by atoms with Crippen LogP contribution in [0.15, 0.2) is 42.5 Å². The third kappa shape index (κ3) is 2.98. The van der Waals surface area contributed by atoms with Gasteiger partial charge in [0.25, 0.3) is 0 Å². The molecule has 2 aromatic carbocycles. The van der Waals surface area contributed by atoms with Crippen molar-refractivity contribution in [2.24, 2.45) is 0 Å². The fraction of sp³-hybridized carbons (Fsp3) is 0.333. The standard InChI is InChI=1S/C18H19F2N/c1-12-6-9-18(16-5-3-2-4-15(12)16)21-11-13-7-8-14(19)10-17(13)20/h2-5,7-8,10,12,18,21H,6,9,11H2,1H3. The van der Waals surface area contributed by atoms with E-state index in [1.807, 2.05) is 6.07 Å². The predicted molar refractivity (Wildman–Crippen MR) is 80.0 cm³/mol. The van der Waals surface area contributed by atoms with Gasteiger partial charge in [0, 0.05) is 24.2 Å². The zero-order valence-electron chi connectivity index (χ0n) is 12.1. The van der Waals surface area contributed by atoms with E-state index in [4.69, 9.17) is 0 Å². The van der Waals surface area contributed by atoms with Gasteiger partial charge in [-0.25, -0.2) is 8.78 Å². The number of rotatable bonds is 3. The van der Waals surface area contributed by atoms with Crippen LogP contribution in [0.25, 0.3) is 0 Å². The fourth-order valence-electron chi connectivity index (χ4n) is 3.11. The second kappa shape index (κ2) is 5.94. The minimum atomic E-state index is -0.534. The molecule has 0 fully saturated rings. The van der Waals surface area contributed by atoms with Crippen molar-refractivity contribution in [1.29, 1.82) is 0 Å². The molecular weight excluding hydrogens is 268 g/mol. The van der Waals surface area contributed by atoms with E-state index in [1.165, 1.54) is 23.3 Å². The van der Waals surface area contributed by atoms with Crippen LogP contribution in [-0.4, -0.2) is 0 Å².